The Hall–Kier alpha value is -4.26. The highest BCUT2D eigenvalue weighted by Gasteiger charge is 2.13. The minimum absolute atomic E-state index is 0.0190. The first-order chi connectivity index (χ1) is 15.1. The molecule has 31 heavy (non-hydrogen) atoms. The van der Waals surface area contributed by atoms with Crippen LogP contribution >= 0.6 is 0 Å². The first kappa shape index (κ1) is 20.0. The minimum Gasteiger partial charge on any atom is -0.494 e. The molecule has 0 spiro atoms. The highest BCUT2D eigenvalue weighted by atomic mass is 16.6. The molecule has 0 amide bonds. The Morgan fingerprint density at radius 1 is 1.00 bits per heavy atom. The molecule has 0 fully saturated rings. The van der Waals surface area contributed by atoms with Crippen molar-refractivity contribution >= 4 is 28.7 Å². The highest BCUT2D eigenvalue weighted by molar-refractivity contribution is 5.80. The van der Waals surface area contributed by atoms with E-state index in [1.165, 1.54) is 10.6 Å². The average Bonchev–Trinajstić information content (AvgIpc) is 2.79. The van der Waals surface area contributed by atoms with Crippen molar-refractivity contribution in [2.24, 2.45) is 0 Å². The monoisotopic (exact) mass is 413 g/mol. The lowest BCUT2D eigenvalue weighted by Gasteiger charge is -2.12. The first-order valence-electron chi connectivity index (χ1n) is 9.75. The largest absolute Gasteiger partial charge is 0.494 e. The summed E-state index contributed by atoms with van der Waals surface area (Å²) < 4.78 is 6.98. The molecule has 0 aliphatic heterocycles. The van der Waals surface area contributed by atoms with Gasteiger partial charge in [-0.25, -0.2) is 4.98 Å². The van der Waals surface area contributed by atoms with Crippen LogP contribution in [0.1, 0.15) is 18.3 Å². The molecule has 7 heteroatoms. The van der Waals surface area contributed by atoms with Crippen LogP contribution in [-0.4, -0.2) is 21.1 Å². The fraction of sp³-hybridized carbons (Fsp3) is 0.0833. The summed E-state index contributed by atoms with van der Waals surface area (Å²) in [5.41, 5.74) is 1.35. The van der Waals surface area contributed by atoms with Crippen molar-refractivity contribution in [3.05, 3.63) is 105 Å². The Morgan fingerprint density at radius 3 is 2.45 bits per heavy atom. The first-order valence-corrected chi connectivity index (χ1v) is 9.75. The van der Waals surface area contributed by atoms with Crippen LogP contribution in [0.25, 0.3) is 28.7 Å². The molecule has 0 unspecified atom stereocenters. The summed E-state index contributed by atoms with van der Waals surface area (Å²) in [5, 5.41) is 11.8. The molecule has 4 rings (SSSR count). The van der Waals surface area contributed by atoms with Crippen LogP contribution in [-0.2, 0) is 0 Å². The van der Waals surface area contributed by atoms with Gasteiger partial charge in [-0.05, 0) is 61.5 Å². The van der Waals surface area contributed by atoms with Gasteiger partial charge in [-0.2, -0.15) is 0 Å². The zero-order valence-electron chi connectivity index (χ0n) is 16.8. The number of hydrogen-bond acceptors (Lipinski definition) is 5. The van der Waals surface area contributed by atoms with Gasteiger partial charge in [0.15, 0.2) is 0 Å². The minimum atomic E-state index is -0.437. The number of nitrogens with zero attached hydrogens (tertiary/aromatic N) is 3. The molecular weight excluding hydrogens is 394 g/mol. The summed E-state index contributed by atoms with van der Waals surface area (Å²) >= 11 is 0. The number of nitro groups is 1. The summed E-state index contributed by atoms with van der Waals surface area (Å²) in [5.74, 6) is 1.07. The van der Waals surface area contributed by atoms with Crippen LogP contribution in [0.2, 0.25) is 0 Å². The average molecular weight is 413 g/mol. The Morgan fingerprint density at radius 2 is 1.71 bits per heavy atom. The van der Waals surface area contributed by atoms with E-state index in [2.05, 4.69) is 4.98 Å². The van der Waals surface area contributed by atoms with E-state index >= 15 is 0 Å². The van der Waals surface area contributed by atoms with Crippen molar-refractivity contribution in [1.29, 1.82) is 0 Å². The smallest absolute Gasteiger partial charge is 0.276 e. The predicted molar refractivity (Wildman–Crippen MR) is 121 cm³/mol. The second-order valence-electron chi connectivity index (χ2n) is 6.70. The van der Waals surface area contributed by atoms with Gasteiger partial charge < -0.3 is 4.74 Å². The maximum atomic E-state index is 13.3. The van der Waals surface area contributed by atoms with Crippen LogP contribution in [0.5, 0.6) is 5.75 Å². The molecule has 0 saturated carbocycles. The fourth-order valence-electron chi connectivity index (χ4n) is 3.33. The summed E-state index contributed by atoms with van der Waals surface area (Å²) in [7, 11) is 0. The van der Waals surface area contributed by atoms with Crippen molar-refractivity contribution in [2.45, 2.75) is 6.92 Å². The molecular formula is C24H19N3O4. The van der Waals surface area contributed by atoms with Crippen LogP contribution in [0.15, 0.2) is 77.6 Å². The Bertz CT molecular complexity index is 1340. The number of benzene rings is 3. The van der Waals surface area contributed by atoms with Gasteiger partial charge >= 0.3 is 0 Å². The zero-order chi connectivity index (χ0) is 21.8. The molecule has 7 nitrogen and oxygen atoms in total. The van der Waals surface area contributed by atoms with E-state index in [9.17, 15) is 14.9 Å². The predicted octanol–water partition coefficient (Wildman–Crippen LogP) is 4.86. The van der Waals surface area contributed by atoms with Gasteiger partial charge in [-0.3, -0.25) is 19.5 Å². The van der Waals surface area contributed by atoms with E-state index in [1.807, 2.05) is 13.0 Å². The molecule has 1 aromatic heterocycles. The second-order valence-corrected chi connectivity index (χ2v) is 6.70. The highest BCUT2D eigenvalue weighted by Crippen LogP contribution is 2.22. The quantitative estimate of drug-likeness (QED) is 0.333. The van der Waals surface area contributed by atoms with E-state index in [1.54, 1.807) is 72.8 Å². The van der Waals surface area contributed by atoms with E-state index in [4.69, 9.17) is 4.74 Å². The molecule has 154 valence electrons. The van der Waals surface area contributed by atoms with E-state index in [0.29, 0.717) is 40.3 Å². The van der Waals surface area contributed by atoms with Gasteiger partial charge in [0.05, 0.1) is 33.7 Å². The number of nitro benzene ring substituents is 1. The van der Waals surface area contributed by atoms with Crippen molar-refractivity contribution in [1.82, 2.24) is 9.55 Å². The molecule has 3 aromatic carbocycles. The second kappa shape index (κ2) is 8.62. The van der Waals surface area contributed by atoms with Crippen LogP contribution in [0, 0.1) is 10.1 Å². The molecule has 4 aromatic rings. The number of rotatable bonds is 6. The van der Waals surface area contributed by atoms with E-state index < -0.39 is 4.92 Å². The third kappa shape index (κ3) is 4.06. The Labute approximate surface area is 178 Å². The molecule has 0 radical (unpaired) electrons. The normalized spacial score (nSPS) is 11.1. The maximum Gasteiger partial charge on any atom is 0.276 e. The fourth-order valence-corrected chi connectivity index (χ4v) is 3.33. The molecule has 1 heterocycles. The van der Waals surface area contributed by atoms with Crippen LogP contribution < -0.4 is 10.3 Å². The van der Waals surface area contributed by atoms with E-state index in [0.717, 1.165) is 0 Å². The standard InChI is InChI=1S/C24H19N3O4/c1-2-31-19-14-12-18(13-15-19)26-23(25-21-9-5-4-8-20(21)24(26)28)16-11-17-7-3-6-10-22(17)27(29)30/h3-16H,2H2,1H3/b16-11+. The molecule has 0 aliphatic rings. The van der Waals surface area contributed by atoms with Gasteiger partial charge in [0, 0.05) is 6.07 Å². The summed E-state index contributed by atoms with van der Waals surface area (Å²) in [4.78, 5) is 28.8. The van der Waals surface area contributed by atoms with Crippen LogP contribution in [0.4, 0.5) is 5.69 Å². The topological polar surface area (TPSA) is 87.3 Å². The lowest BCUT2D eigenvalue weighted by atomic mass is 10.1. The number of fused-ring (bicyclic) bond motifs is 1. The van der Waals surface area contributed by atoms with Crippen molar-refractivity contribution in [3.8, 4) is 11.4 Å². The van der Waals surface area contributed by atoms with Crippen molar-refractivity contribution < 1.29 is 9.66 Å². The van der Waals surface area contributed by atoms with Gasteiger partial charge in [0.25, 0.3) is 11.2 Å². The third-order valence-corrected chi connectivity index (χ3v) is 4.75. The van der Waals surface area contributed by atoms with Crippen molar-refractivity contribution in [3.63, 3.8) is 0 Å². The summed E-state index contributed by atoms with van der Waals surface area (Å²) in [6.07, 6.45) is 3.21. The van der Waals surface area contributed by atoms with Crippen LogP contribution in [0.3, 0.4) is 0 Å². The molecule has 0 N–H and O–H groups in total. The summed E-state index contributed by atoms with van der Waals surface area (Å²) in [6.45, 7) is 2.44. The number of para-hydroxylation sites is 2. The zero-order valence-corrected chi connectivity index (χ0v) is 16.8. The lowest BCUT2D eigenvalue weighted by Crippen LogP contribution is -2.22. The number of ether oxygens (including phenoxy) is 1. The molecule has 0 saturated heterocycles. The Balaban J connectivity index is 1.89. The maximum absolute atomic E-state index is 13.3. The summed E-state index contributed by atoms with van der Waals surface area (Å²) in [6, 6.07) is 20.7. The number of aromatic nitrogens is 2. The Kier molecular flexibility index (Phi) is 5.57. The van der Waals surface area contributed by atoms with Gasteiger partial charge in [-0.15, -0.1) is 0 Å². The van der Waals surface area contributed by atoms with Gasteiger partial charge in [0.1, 0.15) is 11.6 Å². The van der Waals surface area contributed by atoms with Gasteiger partial charge in [-0.1, -0.05) is 24.3 Å². The lowest BCUT2D eigenvalue weighted by molar-refractivity contribution is -0.385. The molecule has 0 aliphatic carbocycles. The van der Waals surface area contributed by atoms with Gasteiger partial charge in [0.2, 0.25) is 0 Å². The molecule has 0 bridgehead atoms. The molecule has 0 atom stereocenters. The van der Waals surface area contributed by atoms with E-state index in [-0.39, 0.29) is 11.2 Å². The SMILES string of the molecule is CCOc1ccc(-n2c(/C=C/c3ccccc3[N+](=O)[O-])nc3ccccc3c2=O)cc1. The third-order valence-electron chi connectivity index (χ3n) is 4.75. The number of hydrogen-bond donors (Lipinski definition) is 0. The van der Waals surface area contributed by atoms with Crippen molar-refractivity contribution in [2.75, 3.05) is 6.61 Å².